The van der Waals surface area contributed by atoms with Crippen LogP contribution in [0.4, 0.5) is 13.2 Å². The van der Waals surface area contributed by atoms with Crippen LogP contribution in [0.1, 0.15) is 0 Å². The molecule has 3 aromatic rings. The van der Waals surface area contributed by atoms with Gasteiger partial charge in [0, 0.05) is 12.1 Å². The Kier molecular flexibility index (Phi) is 3.13. The molecule has 9 heteroatoms. The maximum Gasteiger partial charge on any atom is 0.242 e. The van der Waals surface area contributed by atoms with E-state index < -0.39 is 17.5 Å². The van der Waals surface area contributed by atoms with Crippen LogP contribution in [0.25, 0.3) is 16.9 Å². The SMILES string of the molecule is COc1ncnc2c1[nH]c(=S)n2-c1cc(F)c(F)c(F)c1. The van der Waals surface area contributed by atoms with Crippen LogP contribution in [0.2, 0.25) is 0 Å². The summed E-state index contributed by atoms with van der Waals surface area (Å²) < 4.78 is 46.2. The normalized spacial score (nSPS) is 11.0. The molecule has 1 N–H and O–H groups in total. The number of benzene rings is 1. The number of ether oxygens (including phenoxy) is 1. The minimum Gasteiger partial charge on any atom is -0.479 e. The van der Waals surface area contributed by atoms with Crippen LogP contribution < -0.4 is 4.74 Å². The topological polar surface area (TPSA) is 55.7 Å². The van der Waals surface area contributed by atoms with Crippen molar-refractivity contribution in [2.24, 2.45) is 0 Å². The van der Waals surface area contributed by atoms with Crippen LogP contribution in [-0.2, 0) is 0 Å². The molecule has 5 nitrogen and oxygen atoms in total. The number of rotatable bonds is 2. The molecule has 2 aromatic heterocycles. The number of H-pyrrole nitrogens is 1. The first-order valence-electron chi connectivity index (χ1n) is 5.67. The number of nitrogens with zero attached hydrogens (tertiary/aromatic N) is 3. The summed E-state index contributed by atoms with van der Waals surface area (Å²) in [4.78, 5) is 10.7. The van der Waals surface area contributed by atoms with Crippen LogP contribution >= 0.6 is 12.2 Å². The summed E-state index contributed by atoms with van der Waals surface area (Å²) in [6, 6.07) is 1.66. The number of methoxy groups -OCH3 is 1. The summed E-state index contributed by atoms with van der Waals surface area (Å²) in [7, 11) is 1.41. The lowest BCUT2D eigenvalue weighted by Gasteiger charge is -2.05. The summed E-state index contributed by atoms with van der Waals surface area (Å²) in [5.41, 5.74) is 0.635. The standard InChI is InChI=1S/C12H7F3N4OS/c1-20-11-9-10(16-4-17-11)19(12(21)18-9)5-2-6(13)8(15)7(14)3-5/h2-4H,1H3,(H,18,21). The monoisotopic (exact) mass is 312 g/mol. The molecule has 3 rings (SSSR count). The molecule has 1 aromatic carbocycles. The van der Waals surface area contributed by atoms with Crippen molar-refractivity contribution in [3.05, 3.63) is 40.7 Å². The van der Waals surface area contributed by atoms with Gasteiger partial charge in [-0.2, -0.15) is 4.98 Å². The molecule has 2 heterocycles. The highest BCUT2D eigenvalue weighted by Crippen LogP contribution is 2.25. The van der Waals surface area contributed by atoms with E-state index in [4.69, 9.17) is 17.0 Å². The Morgan fingerprint density at radius 1 is 1.19 bits per heavy atom. The van der Waals surface area contributed by atoms with E-state index in [1.165, 1.54) is 18.0 Å². The van der Waals surface area contributed by atoms with E-state index in [2.05, 4.69) is 15.0 Å². The molecular weight excluding hydrogens is 305 g/mol. The molecule has 21 heavy (non-hydrogen) atoms. The number of hydrogen-bond acceptors (Lipinski definition) is 4. The zero-order valence-electron chi connectivity index (χ0n) is 10.5. The van der Waals surface area contributed by atoms with Crippen molar-refractivity contribution in [3.8, 4) is 11.6 Å². The molecule has 0 bridgehead atoms. The first-order valence-corrected chi connectivity index (χ1v) is 6.08. The van der Waals surface area contributed by atoms with Crippen molar-refractivity contribution in [3.63, 3.8) is 0 Å². The summed E-state index contributed by atoms with van der Waals surface area (Å²) in [5.74, 6) is -3.95. The van der Waals surface area contributed by atoms with Crippen LogP contribution in [-0.4, -0.2) is 26.6 Å². The Morgan fingerprint density at radius 3 is 2.48 bits per heavy atom. The maximum absolute atomic E-state index is 13.4. The Balaban J connectivity index is 2.36. The highest BCUT2D eigenvalue weighted by molar-refractivity contribution is 7.71. The first-order chi connectivity index (χ1) is 10.0. The number of hydrogen-bond donors (Lipinski definition) is 1. The van der Waals surface area contributed by atoms with Crippen molar-refractivity contribution in [2.75, 3.05) is 7.11 Å². The van der Waals surface area contributed by atoms with E-state index in [-0.39, 0.29) is 22.0 Å². The summed E-state index contributed by atoms with van der Waals surface area (Å²) >= 11 is 5.11. The van der Waals surface area contributed by atoms with Gasteiger partial charge in [-0.25, -0.2) is 18.2 Å². The van der Waals surface area contributed by atoms with Gasteiger partial charge in [0.05, 0.1) is 12.8 Å². The smallest absolute Gasteiger partial charge is 0.242 e. The lowest BCUT2D eigenvalue weighted by atomic mass is 10.3. The second kappa shape index (κ2) is 4.85. The second-order valence-corrected chi connectivity index (χ2v) is 4.46. The molecule has 0 spiro atoms. The van der Waals surface area contributed by atoms with Crippen molar-refractivity contribution in [1.29, 1.82) is 0 Å². The summed E-state index contributed by atoms with van der Waals surface area (Å²) in [6.45, 7) is 0. The van der Waals surface area contributed by atoms with Gasteiger partial charge in [-0.1, -0.05) is 0 Å². The quantitative estimate of drug-likeness (QED) is 0.584. The third kappa shape index (κ3) is 2.05. The fourth-order valence-electron chi connectivity index (χ4n) is 1.96. The van der Waals surface area contributed by atoms with Crippen molar-refractivity contribution >= 4 is 23.4 Å². The number of fused-ring (bicyclic) bond motifs is 1. The highest BCUT2D eigenvalue weighted by Gasteiger charge is 2.16. The average Bonchev–Trinajstić information content (AvgIpc) is 2.80. The van der Waals surface area contributed by atoms with E-state index >= 15 is 0 Å². The molecule has 0 saturated heterocycles. The molecule has 0 radical (unpaired) electrons. The Labute approximate surface area is 121 Å². The van der Waals surface area contributed by atoms with E-state index in [0.29, 0.717) is 5.52 Å². The van der Waals surface area contributed by atoms with Crippen LogP contribution in [0.15, 0.2) is 18.5 Å². The van der Waals surface area contributed by atoms with Crippen molar-refractivity contribution in [2.45, 2.75) is 0 Å². The minimum atomic E-state index is -1.54. The van der Waals surface area contributed by atoms with E-state index in [9.17, 15) is 13.2 Å². The Hall–Kier alpha value is -2.42. The maximum atomic E-state index is 13.4. The largest absolute Gasteiger partial charge is 0.479 e. The van der Waals surface area contributed by atoms with Gasteiger partial charge in [0.15, 0.2) is 27.9 Å². The fourth-order valence-corrected chi connectivity index (χ4v) is 2.26. The molecule has 0 atom stereocenters. The lowest BCUT2D eigenvalue weighted by Crippen LogP contribution is -2.00. The highest BCUT2D eigenvalue weighted by atomic mass is 32.1. The third-order valence-electron chi connectivity index (χ3n) is 2.86. The van der Waals surface area contributed by atoms with Gasteiger partial charge < -0.3 is 9.72 Å². The third-order valence-corrected chi connectivity index (χ3v) is 3.14. The molecule has 108 valence electrons. The van der Waals surface area contributed by atoms with Gasteiger partial charge in [0.1, 0.15) is 11.8 Å². The molecule has 0 aliphatic heterocycles. The number of aromatic amines is 1. The number of nitrogens with one attached hydrogen (secondary N) is 1. The Morgan fingerprint density at radius 2 is 1.86 bits per heavy atom. The lowest BCUT2D eigenvalue weighted by molar-refractivity contribution is 0.401. The molecular formula is C12H7F3N4OS. The van der Waals surface area contributed by atoms with E-state index in [1.807, 2.05) is 0 Å². The van der Waals surface area contributed by atoms with Gasteiger partial charge in [0.2, 0.25) is 5.88 Å². The average molecular weight is 312 g/mol. The van der Waals surface area contributed by atoms with Crippen molar-refractivity contribution in [1.82, 2.24) is 19.5 Å². The van der Waals surface area contributed by atoms with Gasteiger partial charge in [-0.3, -0.25) is 4.57 Å². The Bertz CT molecular complexity index is 882. The van der Waals surface area contributed by atoms with Gasteiger partial charge >= 0.3 is 0 Å². The molecule has 0 amide bonds. The van der Waals surface area contributed by atoms with Crippen LogP contribution in [0.5, 0.6) is 5.88 Å². The summed E-state index contributed by atoms with van der Waals surface area (Å²) in [6.07, 6.45) is 1.22. The molecule has 0 aliphatic carbocycles. The number of aromatic nitrogens is 4. The van der Waals surface area contributed by atoms with E-state index in [1.54, 1.807) is 0 Å². The summed E-state index contributed by atoms with van der Waals surface area (Å²) in [5, 5.41) is 0. The van der Waals surface area contributed by atoms with Crippen molar-refractivity contribution < 1.29 is 17.9 Å². The zero-order chi connectivity index (χ0) is 15.1. The van der Waals surface area contributed by atoms with Gasteiger partial charge in [0.25, 0.3) is 0 Å². The second-order valence-electron chi connectivity index (χ2n) is 4.07. The van der Waals surface area contributed by atoms with Crippen LogP contribution in [0.3, 0.4) is 0 Å². The first kappa shape index (κ1) is 13.6. The van der Waals surface area contributed by atoms with E-state index in [0.717, 1.165) is 12.1 Å². The molecule has 0 saturated carbocycles. The van der Waals surface area contributed by atoms with Crippen LogP contribution in [0, 0.1) is 22.2 Å². The predicted octanol–water partition coefficient (Wildman–Crippen LogP) is 2.90. The van der Waals surface area contributed by atoms with Gasteiger partial charge in [-0.05, 0) is 12.2 Å². The minimum absolute atomic E-state index is 0.00315. The zero-order valence-corrected chi connectivity index (χ0v) is 11.3. The predicted molar refractivity (Wildman–Crippen MR) is 70.5 cm³/mol. The number of halogens is 3. The molecule has 0 aliphatic rings. The molecule has 0 unspecified atom stereocenters. The fraction of sp³-hybridized carbons (Fsp3) is 0.0833. The number of imidazole rings is 1. The molecule has 0 fully saturated rings. The van der Waals surface area contributed by atoms with Gasteiger partial charge in [-0.15, -0.1) is 0 Å².